The van der Waals surface area contributed by atoms with Crippen molar-refractivity contribution >= 4 is 11.1 Å². The van der Waals surface area contributed by atoms with Crippen molar-refractivity contribution in [3.8, 4) is 0 Å². The van der Waals surface area contributed by atoms with Crippen LogP contribution in [0.2, 0.25) is 0 Å². The first-order valence-electron chi connectivity index (χ1n) is 3.13. The van der Waals surface area contributed by atoms with Crippen molar-refractivity contribution in [2.75, 3.05) is 0 Å². The van der Waals surface area contributed by atoms with Crippen molar-refractivity contribution in [1.29, 1.82) is 0 Å². The van der Waals surface area contributed by atoms with Gasteiger partial charge in [-0.1, -0.05) is 13.8 Å². The van der Waals surface area contributed by atoms with Crippen LogP contribution in [0.3, 0.4) is 0 Å². The minimum absolute atomic E-state index is 0.0787. The van der Waals surface area contributed by atoms with Crippen LogP contribution in [0.25, 0.3) is 0 Å². The van der Waals surface area contributed by atoms with Crippen LogP contribution in [0.4, 0.5) is 0 Å². The van der Waals surface area contributed by atoms with E-state index in [2.05, 4.69) is 0 Å². The van der Waals surface area contributed by atoms with Crippen LogP contribution >= 0.6 is 0 Å². The largest absolute Gasteiger partial charge is 0.306 e. The van der Waals surface area contributed by atoms with Gasteiger partial charge in [0.2, 0.25) is 0 Å². The van der Waals surface area contributed by atoms with Gasteiger partial charge in [-0.3, -0.25) is 0 Å². The second kappa shape index (κ2) is 4.01. The molecule has 2 unspecified atom stereocenters. The molecular formula is C6H14O2S. The molecule has 0 rings (SSSR count). The van der Waals surface area contributed by atoms with Crippen LogP contribution in [0, 0.1) is 5.92 Å². The van der Waals surface area contributed by atoms with Crippen molar-refractivity contribution in [1.82, 2.24) is 0 Å². The summed E-state index contributed by atoms with van der Waals surface area (Å²) in [7, 11) is 0. The highest BCUT2D eigenvalue weighted by Crippen LogP contribution is 2.07. The quantitative estimate of drug-likeness (QED) is 0.621. The smallest absolute Gasteiger partial charge is 0.155 e. The van der Waals surface area contributed by atoms with Crippen LogP contribution in [0.1, 0.15) is 27.2 Å². The van der Waals surface area contributed by atoms with E-state index in [-0.39, 0.29) is 5.25 Å². The Bertz CT molecular complexity index is 101. The Balaban J connectivity index is 3.50. The van der Waals surface area contributed by atoms with Gasteiger partial charge in [0.15, 0.2) is 11.1 Å². The fourth-order valence-electron chi connectivity index (χ4n) is 0.746. The van der Waals surface area contributed by atoms with Gasteiger partial charge in [-0.25, -0.2) is 4.21 Å². The fraction of sp³-hybridized carbons (Fsp3) is 1.00. The third-order valence-corrected chi connectivity index (χ3v) is 2.03. The number of hydrogen-bond donors (Lipinski definition) is 1. The van der Waals surface area contributed by atoms with Crippen LogP contribution in [-0.2, 0) is 11.1 Å². The van der Waals surface area contributed by atoms with Crippen molar-refractivity contribution in [3.63, 3.8) is 0 Å². The lowest BCUT2D eigenvalue weighted by Crippen LogP contribution is -2.11. The molecule has 0 aliphatic carbocycles. The second-order valence-electron chi connectivity index (χ2n) is 2.72. The number of rotatable bonds is 3. The van der Waals surface area contributed by atoms with Gasteiger partial charge in [0.1, 0.15) is 0 Å². The second-order valence-corrected chi connectivity index (χ2v) is 4.07. The molecular weight excluding hydrogens is 136 g/mol. The lowest BCUT2D eigenvalue weighted by Gasteiger charge is -2.08. The standard InChI is InChI=1S/C6H14O2S/c1-5(2)4-6(3)9(7)8/h5-6H,4H2,1-3H3,(H,7,8). The van der Waals surface area contributed by atoms with E-state index < -0.39 is 11.1 Å². The molecule has 0 saturated carbocycles. The Morgan fingerprint density at radius 1 is 1.44 bits per heavy atom. The van der Waals surface area contributed by atoms with Gasteiger partial charge in [-0.05, 0) is 19.3 Å². The normalized spacial score (nSPS) is 17.9. The summed E-state index contributed by atoms with van der Waals surface area (Å²) in [6, 6.07) is 0. The first-order valence-corrected chi connectivity index (χ1v) is 4.30. The summed E-state index contributed by atoms with van der Waals surface area (Å²) in [5, 5.41) is -0.0787. The summed E-state index contributed by atoms with van der Waals surface area (Å²) in [6.07, 6.45) is 0.823. The molecule has 1 N–H and O–H groups in total. The molecule has 2 atom stereocenters. The summed E-state index contributed by atoms with van der Waals surface area (Å²) in [5.41, 5.74) is 0. The average Bonchev–Trinajstić information content (AvgIpc) is 1.63. The lowest BCUT2D eigenvalue weighted by molar-refractivity contribution is 0.516. The molecule has 0 aromatic rings. The van der Waals surface area contributed by atoms with Crippen LogP contribution in [0.15, 0.2) is 0 Å². The Labute approximate surface area is 58.9 Å². The van der Waals surface area contributed by atoms with Crippen LogP contribution in [0.5, 0.6) is 0 Å². The Kier molecular flexibility index (Phi) is 4.06. The first-order chi connectivity index (χ1) is 4.04. The van der Waals surface area contributed by atoms with E-state index in [1.165, 1.54) is 0 Å². The van der Waals surface area contributed by atoms with E-state index in [1.807, 2.05) is 13.8 Å². The minimum Gasteiger partial charge on any atom is -0.306 e. The predicted octanol–water partition coefficient (Wildman–Crippen LogP) is 1.64. The van der Waals surface area contributed by atoms with Gasteiger partial charge >= 0.3 is 0 Å². The van der Waals surface area contributed by atoms with E-state index >= 15 is 0 Å². The van der Waals surface area contributed by atoms with Gasteiger partial charge in [0, 0.05) is 0 Å². The Morgan fingerprint density at radius 3 is 2.00 bits per heavy atom. The molecule has 0 aliphatic heterocycles. The molecule has 2 nitrogen and oxygen atoms in total. The molecule has 0 aromatic heterocycles. The van der Waals surface area contributed by atoms with E-state index in [0.717, 1.165) is 6.42 Å². The zero-order chi connectivity index (χ0) is 7.44. The topological polar surface area (TPSA) is 37.3 Å². The number of hydrogen-bond acceptors (Lipinski definition) is 1. The third-order valence-electron chi connectivity index (χ3n) is 1.15. The molecule has 0 radical (unpaired) electrons. The Morgan fingerprint density at radius 2 is 1.89 bits per heavy atom. The van der Waals surface area contributed by atoms with Crippen LogP contribution in [-0.4, -0.2) is 14.0 Å². The van der Waals surface area contributed by atoms with Gasteiger partial charge < -0.3 is 4.55 Å². The van der Waals surface area contributed by atoms with Gasteiger partial charge in [0.25, 0.3) is 0 Å². The highest BCUT2D eigenvalue weighted by Gasteiger charge is 2.09. The van der Waals surface area contributed by atoms with E-state index in [0.29, 0.717) is 5.92 Å². The summed E-state index contributed by atoms with van der Waals surface area (Å²) < 4.78 is 18.9. The molecule has 0 spiro atoms. The SMILES string of the molecule is CC(C)CC(C)S(=O)O. The maximum absolute atomic E-state index is 10.3. The summed E-state index contributed by atoms with van der Waals surface area (Å²) >= 11 is -1.63. The fourth-order valence-corrected chi connectivity index (χ4v) is 1.30. The zero-order valence-electron chi connectivity index (χ0n) is 6.13. The lowest BCUT2D eigenvalue weighted by atomic mass is 10.1. The minimum atomic E-state index is -1.63. The molecule has 56 valence electrons. The average molecular weight is 150 g/mol. The van der Waals surface area contributed by atoms with Gasteiger partial charge in [0.05, 0.1) is 5.25 Å². The van der Waals surface area contributed by atoms with Crippen molar-refractivity contribution in [3.05, 3.63) is 0 Å². The summed E-state index contributed by atoms with van der Waals surface area (Å²) in [6.45, 7) is 5.88. The maximum Gasteiger partial charge on any atom is 0.155 e. The van der Waals surface area contributed by atoms with Crippen molar-refractivity contribution in [2.24, 2.45) is 5.92 Å². The van der Waals surface area contributed by atoms with Crippen molar-refractivity contribution < 1.29 is 8.76 Å². The predicted molar refractivity (Wildman–Crippen MR) is 39.7 cm³/mol. The summed E-state index contributed by atoms with van der Waals surface area (Å²) in [4.78, 5) is 0. The molecule has 3 heteroatoms. The highest BCUT2D eigenvalue weighted by molar-refractivity contribution is 7.79. The monoisotopic (exact) mass is 150 g/mol. The molecule has 0 amide bonds. The van der Waals surface area contributed by atoms with Gasteiger partial charge in [-0.2, -0.15) is 0 Å². The molecule has 0 aromatic carbocycles. The molecule has 0 fully saturated rings. The zero-order valence-corrected chi connectivity index (χ0v) is 6.94. The third kappa shape index (κ3) is 4.60. The molecule has 0 bridgehead atoms. The molecule has 9 heavy (non-hydrogen) atoms. The summed E-state index contributed by atoms with van der Waals surface area (Å²) in [5.74, 6) is 0.510. The van der Waals surface area contributed by atoms with E-state index in [9.17, 15) is 4.21 Å². The molecule has 0 saturated heterocycles. The highest BCUT2D eigenvalue weighted by atomic mass is 32.2. The van der Waals surface area contributed by atoms with Gasteiger partial charge in [-0.15, -0.1) is 0 Å². The first kappa shape index (κ1) is 9.11. The Hall–Kier alpha value is 0.110. The van der Waals surface area contributed by atoms with E-state index in [1.54, 1.807) is 6.92 Å². The van der Waals surface area contributed by atoms with Crippen LogP contribution < -0.4 is 0 Å². The molecule has 0 aliphatic rings. The van der Waals surface area contributed by atoms with Crippen molar-refractivity contribution in [2.45, 2.75) is 32.4 Å². The molecule has 0 heterocycles. The van der Waals surface area contributed by atoms with E-state index in [4.69, 9.17) is 4.55 Å². The maximum atomic E-state index is 10.3.